The van der Waals surface area contributed by atoms with E-state index >= 15 is 0 Å². The van der Waals surface area contributed by atoms with Crippen LogP contribution >= 0.6 is 0 Å². The maximum Gasteiger partial charge on any atom is 0.171 e. The summed E-state index contributed by atoms with van der Waals surface area (Å²) in [4.78, 5) is 0. The molecule has 12 atom stereocenters. The minimum absolute atomic E-state index is 0.0767. The van der Waals surface area contributed by atoms with Gasteiger partial charge >= 0.3 is 0 Å². The van der Waals surface area contributed by atoms with E-state index in [4.69, 9.17) is 9.47 Å². The van der Waals surface area contributed by atoms with E-state index in [1.54, 1.807) is 0 Å². The Morgan fingerprint density at radius 1 is 0.833 bits per heavy atom. The van der Waals surface area contributed by atoms with Crippen LogP contribution in [0.4, 0.5) is 0 Å². The molecule has 6 rings (SSSR count). The minimum atomic E-state index is -0.306. The van der Waals surface area contributed by atoms with Crippen molar-refractivity contribution in [3.63, 3.8) is 0 Å². The van der Waals surface area contributed by atoms with Gasteiger partial charge in [0.2, 0.25) is 0 Å². The van der Waals surface area contributed by atoms with Gasteiger partial charge in [-0.2, -0.15) is 0 Å². The Balaban J connectivity index is 1.29. The maximum atomic E-state index is 11.2. The second-order valence-electron chi connectivity index (χ2n) is 13.1. The van der Waals surface area contributed by atoms with Gasteiger partial charge in [-0.3, -0.25) is 0 Å². The fourth-order valence-corrected chi connectivity index (χ4v) is 10.4. The second kappa shape index (κ2) is 6.70. The lowest BCUT2D eigenvalue weighted by atomic mass is 9.44. The van der Waals surface area contributed by atoms with Crippen LogP contribution in [0.1, 0.15) is 91.9 Å². The molecule has 6 aliphatic rings. The summed E-state index contributed by atoms with van der Waals surface area (Å²) in [5.41, 5.74) is 0.731. The maximum absolute atomic E-state index is 11.2. The smallest absolute Gasteiger partial charge is 0.171 e. The van der Waals surface area contributed by atoms with Crippen molar-refractivity contribution in [3.8, 4) is 0 Å². The number of rotatable bonds is 0. The highest BCUT2D eigenvalue weighted by Gasteiger charge is 2.69. The molecule has 0 bridgehead atoms. The summed E-state index contributed by atoms with van der Waals surface area (Å²) in [7, 11) is 0. The molecule has 6 fully saturated rings. The Kier molecular flexibility index (Phi) is 4.58. The van der Waals surface area contributed by atoms with Gasteiger partial charge in [0, 0.05) is 12.3 Å². The van der Waals surface area contributed by atoms with Crippen molar-refractivity contribution in [2.75, 3.05) is 6.61 Å². The third kappa shape index (κ3) is 2.55. The number of ether oxygens (including phenoxy) is 2. The molecule has 0 aromatic heterocycles. The Bertz CT molecular complexity index is 684. The molecule has 170 valence electrons. The predicted octanol–water partition coefficient (Wildman–Crippen LogP) is 5.79. The summed E-state index contributed by atoms with van der Waals surface area (Å²) < 4.78 is 13.3. The van der Waals surface area contributed by atoms with Gasteiger partial charge < -0.3 is 14.6 Å². The molecule has 1 spiro atoms. The van der Waals surface area contributed by atoms with E-state index in [-0.39, 0.29) is 11.9 Å². The van der Waals surface area contributed by atoms with E-state index in [0.29, 0.717) is 46.5 Å². The fourth-order valence-electron chi connectivity index (χ4n) is 10.4. The van der Waals surface area contributed by atoms with Crippen LogP contribution in [0.2, 0.25) is 0 Å². The summed E-state index contributed by atoms with van der Waals surface area (Å²) in [6.45, 7) is 10.8. The van der Waals surface area contributed by atoms with Gasteiger partial charge in [-0.15, -0.1) is 0 Å². The second-order valence-corrected chi connectivity index (χ2v) is 13.1. The predicted molar refractivity (Wildman–Crippen MR) is 118 cm³/mol. The van der Waals surface area contributed by atoms with E-state index < -0.39 is 0 Å². The lowest BCUT2D eigenvalue weighted by Gasteiger charge is -2.62. The van der Waals surface area contributed by atoms with Gasteiger partial charge in [0.05, 0.1) is 18.8 Å². The van der Waals surface area contributed by atoms with E-state index in [1.165, 1.54) is 51.4 Å². The summed E-state index contributed by atoms with van der Waals surface area (Å²) in [5, 5.41) is 11.2. The van der Waals surface area contributed by atoms with Gasteiger partial charge in [-0.25, -0.2) is 0 Å². The molecular formula is C27H44O3. The first-order chi connectivity index (χ1) is 14.3. The SMILES string of the molecule is CC1CC[C@@]2(OC1)O[C@H]1C[C@H]3[C@@H]4CC(O)C5CCCC[C@]5(C)[C@H]4CC[C@]3(C)[C@H]1[C@@H]2C. The normalized spacial score (nSPS) is 62.5. The summed E-state index contributed by atoms with van der Waals surface area (Å²) in [6, 6.07) is 0. The highest BCUT2D eigenvalue weighted by atomic mass is 16.7. The lowest BCUT2D eigenvalue weighted by Crippen LogP contribution is -2.57. The van der Waals surface area contributed by atoms with Gasteiger partial charge in [-0.1, -0.05) is 40.5 Å². The fraction of sp³-hybridized carbons (Fsp3) is 1.00. The van der Waals surface area contributed by atoms with E-state index in [0.717, 1.165) is 31.3 Å². The van der Waals surface area contributed by atoms with Crippen LogP contribution in [0.25, 0.3) is 0 Å². The molecule has 3 nitrogen and oxygen atoms in total. The van der Waals surface area contributed by atoms with Gasteiger partial charge in [-0.05, 0) is 91.3 Å². The van der Waals surface area contributed by atoms with Gasteiger partial charge in [0.15, 0.2) is 5.79 Å². The number of hydrogen-bond acceptors (Lipinski definition) is 3. The van der Waals surface area contributed by atoms with Crippen molar-refractivity contribution in [2.45, 2.75) is 110 Å². The number of aliphatic hydroxyl groups excluding tert-OH is 1. The topological polar surface area (TPSA) is 38.7 Å². The first-order valence-corrected chi connectivity index (χ1v) is 13.3. The molecule has 2 saturated heterocycles. The van der Waals surface area contributed by atoms with Crippen molar-refractivity contribution in [2.24, 2.45) is 52.3 Å². The van der Waals surface area contributed by atoms with Crippen molar-refractivity contribution in [3.05, 3.63) is 0 Å². The molecule has 0 amide bonds. The average Bonchev–Trinajstić information content (AvgIpc) is 3.15. The molecule has 4 aliphatic carbocycles. The standard InChI is InChI=1S/C27H44O3/c1-16-8-12-27(29-15-16)17(2)24-23(30-27)14-21-18-13-22(28)20-7-5-6-10-25(20,3)19(18)9-11-26(21,24)4/h16-24,28H,5-15H2,1-4H3/t16?,17-,18+,19-,20?,21-,22?,23-,24-,25+,26-,27+/m0/s1. The van der Waals surface area contributed by atoms with Gasteiger partial charge in [0.1, 0.15) is 0 Å². The van der Waals surface area contributed by atoms with Crippen LogP contribution in [0, 0.1) is 52.3 Å². The van der Waals surface area contributed by atoms with Crippen LogP contribution in [-0.4, -0.2) is 29.7 Å². The third-order valence-corrected chi connectivity index (χ3v) is 11.9. The van der Waals surface area contributed by atoms with Crippen LogP contribution in [-0.2, 0) is 9.47 Å². The molecule has 0 aromatic carbocycles. The summed E-state index contributed by atoms with van der Waals surface area (Å²) in [5.74, 6) is 4.27. The molecule has 4 saturated carbocycles. The first-order valence-electron chi connectivity index (χ1n) is 13.3. The zero-order valence-electron chi connectivity index (χ0n) is 19.7. The number of hydrogen-bond donors (Lipinski definition) is 1. The Morgan fingerprint density at radius 2 is 1.67 bits per heavy atom. The zero-order valence-corrected chi connectivity index (χ0v) is 19.7. The van der Waals surface area contributed by atoms with Crippen LogP contribution in [0.5, 0.6) is 0 Å². The minimum Gasteiger partial charge on any atom is -0.393 e. The Hall–Kier alpha value is -0.120. The molecule has 30 heavy (non-hydrogen) atoms. The highest BCUT2D eigenvalue weighted by molar-refractivity contribution is 5.16. The molecule has 2 aliphatic heterocycles. The van der Waals surface area contributed by atoms with Gasteiger partial charge in [0.25, 0.3) is 0 Å². The van der Waals surface area contributed by atoms with E-state index in [2.05, 4.69) is 27.7 Å². The number of aliphatic hydroxyl groups is 1. The van der Waals surface area contributed by atoms with Crippen molar-refractivity contribution >= 4 is 0 Å². The molecule has 0 radical (unpaired) electrons. The molecular weight excluding hydrogens is 372 g/mol. The molecule has 3 unspecified atom stereocenters. The molecule has 0 aromatic rings. The quantitative estimate of drug-likeness (QED) is 0.543. The zero-order chi connectivity index (χ0) is 20.9. The average molecular weight is 417 g/mol. The third-order valence-electron chi connectivity index (χ3n) is 11.9. The molecule has 3 heteroatoms. The van der Waals surface area contributed by atoms with E-state index in [1.807, 2.05) is 0 Å². The van der Waals surface area contributed by atoms with Crippen LogP contribution < -0.4 is 0 Å². The largest absolute Gasteiger partial charge is 0.393 e. The lowest BCUT2D eigenvalue weighted by molar-refractivity contribution is -0.273. The highest BCUT2D eigenvalue weighted by Crippen LogP contribution is 2.71. The molecule has 1 N–H and O–H groups in total. The van der Waals surface area contributed by atoms with E-state index in [9.17, 15) is 5.11 Å². The summed E-state index contributed by atoms with van der Waals surface area (Å²) in [6.07, 6.45) is 12.9. The van der Waals surface area contributed by atoms with Crippen molar-refractivity contribution in [1.29, 1.82) is 0 Å². The van der Waals surface area contributed by atoms with Crippen molar-refractivity contribution < 1.29 is 14.6 Å². The van der Waals surface area contributed by atoms with Crippen LogP contribution in [0.15, 0.2) is 0 Å². The Labute approximate surface area is 183 Å². The Morgan fingerprint density at radius 3 is 2.43 bits per heavy atom. The number of fused-ring (bicyclic) bond motifs is 7. The monoisotopic (exact) mass is 416 g/mol. The van der Waals surface area contributed by atoms with Crippen molar-refractivity contribution in [1.82, 2.24) is 0 Å². The molecule has 2 heterocycles. The first kappa shape index (κ1) is 20.5. The summed E-state index contributed by atoms with van der Waals surface area (Å²) >= 11 is 0. The van der Waals surface area contributed by atoms with Crippen LogP contribution in [0.3, 0.4) is 0 Å².